The van der Waals surface area contributed by atoms with Gasteiger partial charge in [0.2, 0.25) is 5.91 Å². The predicted molar refractivity (Wildman–Crippen MR) is 74.7 cm³/mol. The third-order valence-corrected chi connectivity index (χ3v) is 3.02. The zero-order chi connectivity index (χ0) is 14.0. The summed E-state index contributed by atoms with van der Waals surface area (Å²) in [6.07, 6.45) is 1.66. The second kappa shape index (κ2) is 5.14. The highest BCUT2D eigenvalue weighted by molar-refractivity contribution is 5.81. The van der Waals surface area contributed by atoms with E-state index in [1.54, 1.807) is 6.20 Å². The summed E-state index contributed by atoms with van der Waals surface area (Å²) >= 11 is 0. The molecule has 5 nitrogen and oxygen atoms in total. The Kier molecular flexibility index (Phi) is 3.55. The maximum atomic E-state index is 11.7. The number of nitrogens with zero attached hydrogens (tertiary/aromatic N) is 2. The molecule has 0 fully saturated rings. The first-order valence-electron chi connectivity index (χ1n) is 6.10. The quantitative estimate of drug-likeness (QED) is 0.859. The Bertz CT molecular complexity index is 562. The van der Waals surface area contributed by atoms with Crippen LogP contribution in [0.4, 0.5) is 5.82 Å². The first kappa shape index (κ1) is 13.1. The third kappa shape index (κ3) is 2.76. The fourth-order valence-corrected chi connectivity index (χ4v) is 2.31. The molecule has 19 heavy (non-hydrogen) atoms. The number of nitrogens with two attached hydrogens (primary N) is 1. The number of hydrogen-bond acceptors (Lipinski definition) is 4. The maximum absolute atomic E-state index is 11.7. The molecule has 5 heteroatoms. The van der Waals surface area contributed by atoms with Gasteiger partial charge in [-0.2, -0.15) is 0 Å². The molecule has 0 saturated carbocycles. The molecular weight excluding hydrogens is 240 g/mol. The summed E-state index contributed by atoms with van der Waals surface area (Å²) in [6, 6.07) is 3.76. The monoisotopic (exact) mass is 258 g/mol. The Morgan fingerprint density at radius 1 is 1.63 bits per heavy atom. The van der Waals surface area contributed by atoms with E-state index in [1.807, 2.05) is 30.9 Å². The number of nitrogens with one attached hydrogen (secondary N) is 1. The van der Waals surface area contributed by atoms with E-state index in [9.17, 15) is 4.79 Å². The van der Waals surface area contributed by atoms with Crippen molar-refractivity contribution in [2.45, 2.75) is 20.4 Å². The minimum Gasteiger partial charge on any atom is -0.383 e. The number of nitrogen functional groups attached to an aromatic ring is 1. The third-order valence-electron chi connectivity index (χ3n) is 3.02. The van der Waals surface area contributed by atoms with Crippen molar-refractivity contribution in [2.75, 3.05) is 12.3 Å². The molecule has 0 aromatic carbocycles. The van der Waals surface area contributed by atoms with Crippen molar-refractivity contribution in [1.29, 1.82) is 0 Å². The molecule has 0 atom stereocenters. The topological polar surface area (TPSA) is 71.2 Å². The highest BCUT2D eigenvalue weighted by atomic mass is 16.2. The van der Waals surface area contributed by atoms with Crippen molar-refractivity contribution in [3.63, 3.8) is 0 Å². The first-order valence-corrected chi connectivity index (χ1v) is 6.10. The number of allylic oxidation sites excluding steroid dienone is 2. The van der Waals surface area contributed by atoms with Gasteiger partial charge in [-0.3, -0.25) is 4.79 Å². The SMILES string of the molecule is C=C(C)C1=C(C)NC(=O)CN1Cc1cccnc1N. The van der Waals surface area contributed by atoms with Crippen molar-refractivity contribution in [2.24, 2.45) is 0 Å². The summed E-state index contributed by atoms with van der Waals surface area (Å²) in [4.78, 5) is 17.7. The number of aromatic nitrogens is 1. The van der Waals surface area contributed by atoms with Gasteiger partial charge in [-0.25, -0.2) is 4.98 Å². The second-order valence-corrected chi connectivity index (χ2v) is 4.71. The average Bonchev–Trinajstić information content (AvgIpc) is 2.30. The molecule has 1 aliphatic heterocycles. The van der Waals surface area contributed by atoms with Gasteiger partial charge in [0, 0.05) is 24.0 Å². The fourth-order valence-electron chi connectivity index (χ4n) is 2.31. The maximum Gasteiger partial charge on any atom is 0.243 e. The lowest BCUT2D eigenvalue weighted by atomic mass is 10.1. The zero-order valence-electron chi connectivity index (χ0n) is 11.2. The lowest BCUT2D eigenvalue weighted by molar-refractivity contribution is -0.122. The van der Waals surface area contributed by atoms with Crippen LogP contribution in [-0.4, -0.2) is 22.3 Å². The summed E-state index contributed by atoms with van der Waals surface area (Å²) < 4.78 is 0. The lowest BCUT2D eigenvalue weighted by Gasteiger charge is -2.33. The highest BCUT2D eigenvalue weighted by Crippen LogP contribution is 2.23. The van der Waals surface area contributed by atoms with E-state index in [4.69, 9.17) is 5.73 Å². The number of carbonyl (C=O) groups excluding carboxylic acids is 1. The largest absolute Gasteiger partial charge is 0.383 e. The van der Waals surface area contributed by atoms with Gasteiger partial charge in [-0.15, -0.1) is 0 Å². The molecule has 2 heterocycles. The molecule has 0 spiro atoms. The molecule has 0 radical (unpaired) electrons. The lowest BCUT2D eigenvalue weighted by Crippen LogP contribution is -2.42. The van der Waals surface area contributed by atoms with E-state index in [1.165, 1.54) is 0 Å². The Morgan fingerprint density at radius 3 is 3.00 bits per heavy atom. The van der Waals surface area contributed by atoms with Crippen LogP contribution >= 0.6 is 0 Å². The smallest absolute Gasteiger partial charge is 0.243 e. The normalized spacial score (nSPS) is 15.5. The number of hydrogen-bond donors (Lipinski definition) is 2. The van der Waals surface area contributed by atoms with E-state index >= 15 is 0 Å². The van der Waals surface area contributed by atoms with Crippen molar-refractivity contribution in [1.82, 2.24) is 15.2 Å². The fraction of sp³-hybridized carbons (Fsp3) is 0.286. The van der Waals surface area contributed by atoms with Crippen LogP contribution in [0.5, 0.6) is 0 Å². The molecule has 1 aromatic rings. The second-order valence-electron chi connectivity index (χ2n) is 4.71. The Labute approximate surface area is 112 Å². The number of carbonyl (C=O) groups is 1. The zero-order valence-corrected chi connectivity index (χ0v) is 11.2. The van der Waals surface area contributed by atoms with Crippen LogP contribution in [-0.2, 0) is 11.3 Å². The molecule has 0 unspecified atom stereocenters. The molecular formula is C14H18N4O. The summed E-state index contributed by atoms with van der Waals surface area (Å²) in [6.45, 7) is 8.62. The number of rotatable bonds is 3. The standard InChI is InChI=1S/C14H18N4O/c1-9(2)13-10(3)17-12(19)8-18(13)7-11-5-4-6-16-14(11)15/h4-6H,1,7-8H2,2-3H3,(H2,15,16)(H,17,19). The Morgan fingerprint density at radius 2 is 2.37 bits per heavy atom. The average molecular weight is 258 g/mol. The van der Waals surface area contributed by atoms with Gasteiger partial charge in [-0.1, -0.05) is 12.6 Å². The van der Waals surface area contributed by atoms with E-state index in [0.29, 0.717) is 18.9 Å². The Balaban J connectivity index is 2.32. The minimum atomic E-state index is -0.0232. The van der Waals surface area contributed by atoms with Gasteiger partial charge in [0.1, 0.15) is 5.82 Å². The van der Waals surface area contributed by atoms with E-state index in [-0.39, 0.29) is 5.91 Å². The first-order chi connectivity index (χ1) is 8.99. The van der Waals surface area contributed by atoms with E-state index in [0.717, 1.165) is 22.5 Å². The number of pyridine rings is 1. The molecule has 0 bridgehead atoms. The summed E-state index contributed by atoms with van der Waals surface area (Å²) in [5, 5.41) is 2.83. The Hall–Kier alpha value is -2.30. The van der Waals surface area contributed by atoms with Crippen molar-refractivity contribution >= 4 is 11.7 Å². The molecule has 1 aromatic heterocycles. The van der Waals surface area contributed by atoms with Gasteiger partial charge < -0.3 is 16.0 Å². The van der Waals surface area contributed by atoms with Crippen molar-refractivity contribution < 1.29 is 4.79 Å². The van der Waals surface area contributed by atoms with Crippen LogP contribution < -0.4 is 11.1 Å². The number of amides is 1. The van der Waals surface area contributed by atoms with E-state index < -0.39 is 0 Å². The van der Waals surface area contributed by atoms with Crippen molar-refractivity contribution in [3.8, 4) is 0 Å². The van der Waals surface area contributed by atoms with Gasteiger partial charge in [0.15, 0.2) is 0 Å². The van der Waals surface area contributed by atoms with Crippen LogP contribution in [0.25, 0.3) is 0 Å². The summed E-state index contributed by atoms with van der Waals surface area (Å²) in [7, 11) is 0. The van der Waals surface area contributed by atoms with Gasteiger partial charge in [-0.05, 0) is 25.5 Å². The van der Waals surface area contributed by atoms with Crippen LogP contribution in [0.2, 0.25) is 0 Å². The summed E-state index contributed by atoms with van der Waals surface area (Å²) in [5.74, 6) is 0.470. The number of anilines is 1. The van der Waals surface area contributed by atoms with Crippen LogP contribution in [0.3, 0.4) is 0 Å². The predicted octanol–water partition coefficient (Wildman–Crippen LogP) is 1.40. The van der Waals surface area contributed by atoms with E-state index in [2.05, 4.69) is 16.9 Å². The van der Waals surface area contributed by atoms with Crippen LogP contribution in [0, 0.1) is 0 Å². The van der Waals surface area contributed by atoms with Gasteiger partial charge >= 0.3 is 0 Å². The summed E-state index contributed by atoms with van der Waals surface area (Å²) in [5.41, 5.74) is 9.46. The molecule has 1 aliphatic rings. The molecule has 1 amide bonds. The van der Waals surface area contributed by atoms with Crippen LogP contribution in [0.15, 0.2) is 41.9 Å². The molecule has 3 N–H and O–H groups in total. The molecule has 100 valence electrons. The molecule has 0 aliphatic carbocycles. The van der Waals surface area contributed by atoms with Crippen LogP contribution in [0.1, 0.15) is 19.4 Å². The van der Waals surface area contributed by atoms with Gasteiger partial charge in [0.05, 0.1) is 12.2 Å². The van der Waals surface area contributed by atoms with Crippen molar-refractivity contribution in [3.05, 3.63) is 47.4 Å². The highest BCUT2D eigenvalue weighted by Gasteiger charge is 2.23. The minimum absolute atomic E-state index is 0.0232. The molecule has 0 saturated heterocycles. The van der Waals surface area contributed by atoms with Gasteiger partial charge in [0.25, 0.3) is 0 Å². The molecule has 2 rings (SSSR count).